The summed E-state index contributed by atoms with van der Waals surface area (Å²) in [4.78, 5) is 24.0. The summed E-state index contributed by atoms with van der Waals surface area (Å²) in [5.41, 5.74) is 0.830. The lowest BCUT2D eigenvalue weighted by molar-refractivity contribution is -0.149. The van der Waals surface area contributed by atoms with Gasteiger partial charge in [-0.3, -0.25) is 9.59 Å². The fourth-order valence-corrected chi connectivity index (χ4v) is 2.21. The van der Waals surface area contributed by atoms with Crippen LogP contribution in [0.1, 0.15) is 31.4 Å². The molecule has 118 valence electrons. The van der Waals surface area contributed by atoms with Crippen LogP contribution in [0.3, 0.4) is 0 Å². The van der Waals surface area contributed by atoms with E-state index in [2.05, 4.69) is 5.32 Å². The van der Waals surface area contributed by atoms with Crippen molar-refractivity contribution in [1.29, 1.82) is 0 Å². The predicted molar refractivity (Wildman–Crippen MR) is 81.8 cm³/mol. The highest BCUT2D eigenvalue weighted by atomic mass is 16.5. The molecule has 3 atom stereocenters. The summed E-state index contributed by atoms with van der Waals surface area (Å²) in [5.74, 6) is -1.01. The van der Waals surface area contributed by atoms with Crippen LogP contribution >= 0.6 is 0 Å². The Bertz CT molecular complexity index is 541. The molecule has 0 radical (unpaired) electrons. The maximum absolute atomic E-state index is 12.0. The first kappa shape index (κ1) is 16.2. The third-order valence-electron chi connectivity index (χ3n) is 3.63. The summed E-state index contributed by atoms with van der Waals surface area (Å²) in [6.45, 7) is 1.85. The Morgan fingerprint density at radius 3 is 2.55 bits per heavy atom. The van der Waals surface area contributed by atoms with E-state index in [9.17, 15) is 14.7 Å². The minimum absolute atomic E-state index is 0.0510. The highest BCUT2D eigenvalue weighted by Crippen LogP contribution is 2.16. The monoisotopic (exact) mass is 303 g/mol. The number of nitrogens with one attached hydrogen (secondary N) is 1. The van der Waals surface area contributed by atoms with Gasteiger partial charge in [-0.15, -0.1) is 0 Å². The van der Waals surface area contributed by atoms with Gasteiger partial charge in [-0.05, 0) is 12.0 Å². The molecule has 1 aliphatic heterocycles. The first-order valence-corrected chi connectivity index (χ1v) is 7.43. The van der Waals surface area contributed by atoms with Gasteiger partial charge in [0.05, 0.1) is 12.0 Å². The topological polar surface area (TPSA) is 75.6 Å². The summed E-state index contributed by atoms with van der Waals surface area (Å²) in [6.07, 6.45) is 3.16. The van der Waals surface area contributed by atoms with E-state index in [0.29, 0.717) is 6.42 Å². The van der Waals surface area contributed by atoms with Crippen LogP contribution in [0.4, 0.5) is 0 Å². The highest BCUT2D eigenvalue weighted by molar-refractivity contribution is 5.81. The first-order chi connectivity index (χ1) is 10.6. The second kappa shape index (κ2) is 7.75. The number of cyclic esters (lactones) is 1. The van der Waals surface area contributed by atoms with Crippen LogP contribution in [-0.4, -0.2) is 29.7 Å². The van der Waals surface area contributed by atoms with Crippen molar-refractivity contribution in [2.24, 2.45) is 5.92 Å². The van der Waals surface area contributed by atoms with Crippen molar-refractivity contribution >= 4 is 11.9 Å². The normalized spacial score (nSPS) is 28.7. The average molecular weight is 303 g/mol. The standard InChI is InChI=1S/C17H21NO4/c1-12-7-5-6-10-15(19)16(20)18-14(11-22-17(12)21)13-8-3-2-4-9-13/h2-6,8-9,12,14-15,19H,7,10-11H2,1H3,(H,18,20)/b6-5+/t12-,14?,15-/m1/s1. The Balaban J connectivity index is 2.19. The molecule has 1 aromatic rings. The first-order valence-electron chi connectivity index (χ1n) is 7.43. The smallest absolute Gasteiger partial charge is 0.309 e. The lowest BCUT2D eigenvalue weighted by atomic mass is 10.0. The van der Waals surface area contributed by atoms with Gasteiger partial charge in [0.2, 0.25) is 5.91 Å². The number of aliphatic hydroxyl groups excluding tert-OH is 1. The van der Waals surface area contributed by atoms with Crippen molar-refractivity contribution in [1.82, 2.24) is 5.32 Å². The lowest BCUT2D eigenvalue weighted by Crippen LogP contribution is -2.39. The Labute approximate surface area is 130 Å². The second-order valence-electron chi connectivity index (χ2n) is 5.46. The molecular weight excluding hydrogens is 282 g/mol. The van der Waals surface area contributed by atoms with Gasteiger partial charge in [0, 0.05) is 6.42 Å². The molecule has 0 saturated heterocycles. The van der Waals surface area contributed by atoms with E-state index < -0.39 is 18.1 Å². The SMILES string of the molecule is C[C@@H]1C/C=C/C[C@@H](O)C(=O)NC(c2ccccc2)COC1=O. The van der Waals surface area contributed by atoms with E-state index in [1.54, 1.807) is 19.1 Å². The lowest BCUT2D eigenvalue weighted by Gasteiger charge is -2.22. The maximum atomic E-state index is 12.0. The molecule has 1 aromatic carbocycles. The maximum Gasteiger partial charge on any atom is 0.309 e. The quantitative estimate of drug-likeness (QED) is 0.612. The van der Waals surface area contributed by atoms with E-state index >= 15 is 0 Å². The minimum Gasteiger partial charge on any atom is -0.463 e. The summed E-state index contributed by atoms with van der Waals surface area (Å²) in [7, 11) is 0. The number of aliphatic hydroxyl groups is 1. The van der Waals surface area contributed by atoms with Gasteiger partial charge in [0.1, 0.15) is 12.7 Å². The number of benzene rings is 1. The molecule has 5 nitrogen and oxygen atoms in total. The minimum atomic E-state index is -1.10. The van der Waals surface area contributed by atoms with Crippen LogP contribution in [0.2, 0.25) is 0 Å². The summed E-state index contributed by atoms with van der Waals surface area (Å²) in [5, 5.41) is 12.6. The molecule has 0 spiro atoms. The molecule has 0 aliphatic carbocycles. The third kappa shape index (κ3) is 4.43. The molecular formula is C17H21NO4. The molecule has 0 aromatic heterocycles. The molecule has 22 heavy (non-hydrogen) atoms. The Kier molecular flexibility index (Phi) is 5.72. The van der Waals surface area contributed by atoms with E-state index in [1.807, 2.05) is 30.3 Å². The Hall–Kier alpha value is -2.14. The number of carbonyl (C=O) groups excluding carboxylic acids is 2. The zero-order chi connectivity index (χ0) is 15.9. The number of carbonyl (C=O) groups is 2. The van der Waals surface area contributed by atoms with E-state index in [0.717, 1.165) is 5.56 Å². The summed E-state index contributed by atoms with van der Waals surface area (Å²) < 4.78 is 5.31. The molecule has 2 rings (SSSR count). The number of rotatable bonds is 1. The number of allylic oxidation sites excluding steroid dienone is 1. The van der Waals surface area contributed by atoms with Crippen molar-refractivity contribution in [2.75, 3.05) is 6.61 Å². The van der Waals surface area contributed by atoms with Crippen LogP contribution in [0.5, 0.6) is 0 Å². The van der Waals surface area contributed by atoms with Gasteiger partial charge >= 0.3 is 5.97 Å². The average Bonchev–Trinajstić information content (AvgIpc) is 2.54. The fourth-order valence-electron chi connectivity index (χ4n) is 2.21. The summed E-state index contributed by atoms with van der Waals surface area (Å²) >= 11 is 0. The third-order valence-corrected chi connectivity index (χ3v) is 3.63. The molecule has 1 heterocycles. The van der Waals surface area contributed by atoms with Gasteiger partial charge in [-0.2, -0.15) is 0 Å². The number of hydrogen-bond acceptors (Lipinski definition) is 4. The number of esters is 1. The van der Waals surface area contributed by atoms with Crippen LogP contribution in [-0.2, 0) is 14.3 Å². The molecule has 1 aliphatic rings. The molecule has 0 bridgehead atoms. The predicted octanol–water partition coefficient (Wildman–Crippen LogP) is 1.73. The molecule has 1 amide bonds. The van der Waals surface area contributed by atoms with Crippen molar-refractivity contribution in [3.8, 4) is 0 Å². The van der Waals surface area contributed by atoms with Gasteiger partial charge in [-0.25, -0.2) is 0 Å². The Morgan fingerprint density at radius 2 is 1.82 bits per heavy atom. The number of hydrogen-bond donors (Lipinski definition) is 2. The zero-order valence-electron chi connectivity index (χ0n) is 12.6. The van der Waals surface area contributed by atoms with E-state index in [-0.39, 0.29) is 24.9 Å². The van der Waals surface area contributed by atoms with Gasteiger partial charge < -0.3 is 15.2 Å². The van der Waals surface area contributed by atoms with Crippen LogP contribution in [0, 0.1) is 5.92 Å². The molecule has 1 unspecified atom stereocenters. The number of ether oxygens (including phenoxy) is 1. The van der Waals surface area contributed by atoms with Crippen LogP contribution in [0.25, 0.3) is 0 Å². The fraction of sp³-hybridized carbons (Fsp3) is 0.412. The van der Waals surface area contributed by atoms with Gasteiger partial charge in [0.15, 0.2) is 0 Å². The van der Waals surface area contributed by atoms with Gasteiger partial charge in [0.25, 0.3) is 0 Å². The molecule has 0 saturated carbocycles. The number of amides is 1. The van der Waals surface area contributed by atoms with Crippen molar-refractivity contribution in [2.45, 2.75) is 31.9 Å². The Morgan fingerprint density at radius 1 is 1.14 bits per heavy atom. The van der Waals surface area contributed by atoms with Crippen molar-refractivity contribution in [3.05, 3.63) is 48.0 Å². The molecule has 5 heteroatoms. The zero-order valence-corrected chi connectivity index (χ0v) is 12.6. The van der Waals surface area contributed by atoms with E-state index in [1.165, 1.54) is 0 Å². The van der Waals surface area contributed by atoms with Crippen LogP contribution < -0.4 is 5.32 Å². The van der Waals surface area contributed by atoms with E-state index in [4.69, 9.17) is 4.74 Å². The largest absolute Gasteiger partial charge is 0.463 e. The van der Waals surface area contributed by atoms with Crippen molar-refractivity contribution < 1.29 is 19.4 Å². The van der Waals surface area contributed by atoms with Gasteiger partial charge in [-0.1, -0.05) is 49.4 Å². The molecule has 2 N–H and O–H groups in total. The van der Waals surface area contributed by atoms with Crippen molar-refractivity contribution in [3.63, 3.8) is 0 Å². The molecule has 0 fully saturated rings. The summed E-state index contributed by atoms with van der Waals surface area (Å²) in [6, 6.07) is 8.79. The second-order valence-corrected chi connectivity index (χ2v) is 5.46. The highest BCUT2D eigenvalue weighted by Gasteiger charge is 2.23. The van der Waals surface area contributed by atoms with Crippen LogP contribution in [0.15, 0.2) is 42.5 Å².